The summed E-state index contributed by atoms with van der Waals surface area (Å²) in [6.07, 6.45) is 6.71. The van der Waals surface area contributed by atoms with Crippen LogP contribution in [0.5, 0.6) is 0 Å². The van der Waals surface area contributed by atoms with Gasteiger partial charge in [-0.3, -0.25) is 9.36 Å². The Morgan fingerprint density at radius 3 is 2.58 bits per heavy atom. The zero-order chi connectivity index (χ0) is 21.8. The summed E-state index contributed by atoms with van der Waals surface area (Å²) in [5.41, 5.74) is 1.18. The predicted molar refractivity (Wildman–Crippen MR) is 128 cm³/mol. The van der Waals surface area contributed by atoms with Crippen LogP contribution in [0, 0.1) is 5.92 Å². The lowest BCUT2D eigenvalue weighted by Crippen LogP contribution is -2.24. The largest absolute Gasteiger partial charge is 0.386 e. The molecule has 5 heteroatoms. The third-order valence-corrected chi connectivity index (χ3v) is 7.80. The van der Waals surface area contributed by atoms with E-state index in [1.807, 2.05) is 48.7 Å². The van der Waals surface area contributed by atoms with Crippen molar-refractivity contribution in [3.8, 4) is 5.69 Å². The minimum atomic E-state index is -1.10. The minimum absolute atomic E-state index is 0.0750. The molecule has 2 aromatic carbocycles. The fraction of sp³-hybridized carbons (Fsp3) is 0.385. The van der Waals surface area contributed by atoms with Gasteiger partial charge in [0, 0.05) is 23.1 Å². The Balaban J connectivity index is 1.68. The van der Waals surface area contributed by atoms with E-state index < -0.39 is 5.60 Å². The molecule has 0 radical (unpaired) electrons. The van der Waals surface area contributed by atoms with Crippen molar-refractivity contribution in [3.63, 3.8) is 0 Å². The van der Waals surface area contributed by atoms with Crippen LogP contribution in [0.1, 0.15) is 62.9 Å². The number of hydrogen-bond donors (Lipinski definition) is 1. The van der Waals surface area contributed by atoms with Crippen LogP contribution in [-0.4, -0.2) is 14.7 Å². The molecular formula is C26H28N2O2S. The summed E-state index contributed by atoms with van der Waals surface area (Å²) in [4.78, 5) is 18.3. The van der Waals surface area contributed by atoms with Gasteiger partial charge >= 0.3 is 0 Å². The summed E-state index contributed by atoms with van der Waals surface area (Å²) in [7, 11) is 0. The maximum Gasteiger partial charge on any atom is 0.262 e. The van der Waals surface area contributed by atoms with Crippen molar-refractivity contribution in [2.45, 2.75) is 58.0 Å². The molecule has 1 aliphatic carbocycles. The summed E-state index contributed by atoms with van der Waals surface area (Å²) in [5.74, 6) is 1.32. The summed E-state index contributed by atoms with van der Waals surface area (Å²) in [6.45, 7) is 5.86. The number of benzene rings is 2. The first-order valence-electron chi connectivity index (χ1n) is 11.1. The second kappa shape index (κ2) is 7.57. The fourth-order valence-electron chi connectivity index (χ4n) is 4.73. The Labute approximate surface area is 186 Å². The molecule has 0 atom stereocenters. The van der Waals surface area contributed by atoms with Crippen molar-refractivity contribution in [1.82, 2.24) is 9.55 Å². The maximum atomic E-state index is 13.3. The van der Waals surface area contributed by atoms with Crippen LogP contribution in [0.3, 0.4) is 0 Å². The Kier molecular flexibility index (Phi) is 4.98. The van der Waals surface area contributed by atoms with Gasteiger partial charge in [-0.25, -0.2) is 4.98 Å². The molecule has 2 heterocycles. The van der Waals surface area contributed by atoms with E-state index in [2.05, 4.69) is 6.92 Å². The van der Waals surface area contributed by atoms with Crippen molar-refractivity contribution < 1.29 is 5.11 Å². The molecule has 0 amide bonds. The number of thiazole rings is 1. The van der Waals surface area contributed by atoms with E-state index in [0.29, 0.717) is 16.9 Å². The first-order valence-corrected chi connectivity index (χ1v) is 11.9. The number of nitrogens with zero attached hydrogens (tertiary/aromatic N) is 2. The molecule has 0 saturated heterocycles. The standard InChI is InChI=1S/C26H28N2O2S/c1-16-8-10-18(11-9-16)24-27-21-14-20(26(2,3)30)22(15-23(21)31-24)28-13-12-17-6-4-5-7-19(17)25(28)29/h4-7,12-16,18,30H,8-11H2,1-3H3/t16-,18-. The highest BCUT2D eigenvalue weighted by atomic mass is 32.1. The maximum absolute atomic E-state index is 13.3. The van der Waals surface area contributed by atoms with E-state index in [4.69, 9.17) is 4.98 Å². The molecule has 1 aliphatic rings. The molecule has 0 spiro atoms. The smallest absolute Gasteiger partial charge is 0.262 e. The SMILES string of the molecule is CC(C)(O)c1cc2nc([C@H]3CC[C@H](C)CC3)sc2cc1-n1ccc2ccccc2c1=O. The Bertz CT molecular complexity index is 1320. The average Bonchev–Trinajstić information content (AvgIpc) is 3.16. The normalized spacial score (nSPS) is 19.9. The molecule has 0 aliphatic heterocycles. The lowest BCUT2D eigenvalue weighted by Gasteiger charge is -2.24. The number of fused-ring (bicyclic) bond motifs is 2. The summed E-state index contributed by atoms with van der Waals surface area (Å²) in [6, 6.07) is 13.6. The van der Waals surface area contributed by atoms with Gasteiger partial charge in [0.25, 0.3) is 5.56 Å². The van der Waals surface area contributed by atoms with E-state index >= 15 is 0 Å². The van der Waals surface area contributed by atoms with Gasteiger partial charge in [-0.1, -0.05) is 38.0 Å². The van der Waals surface area contributed by atoms with E-state index in [9.17, 15) is 9.90 Å². The molecule has 1 N–H and O–H groups in total. The summed E-state index contributed by atoms with van der Waals surface area (Å²) >= 11 is 1.73. The molecule has 160 valence electrons. The number of hydrogen-bond acceptors (Lipinski definition) is 4. The molecule has 31 heavy (non-hydrogen) atoms. The topological polar surface area (TPSA) is 55.1 Å². The van der Waals surface area contributed by atoms with Gasteiger partial charge in [-0.2, -0.15) is 0 Å². The second-order valence-corrected chi connectivity index (χ2v) is 10.5. The van der Waals surface area contributed by atoms with E-state index in [0.717, 1.165) is 27.2 Å². The van der Waals surface area contributed by atoms with Crippen molar-refractivity contribution in [3.05, 3.63) is 69.6 Å². The minimum Gasteiger partial charge on any atom is -0.386 e. The quantitative estimate of drug-likeness (QED) is 0.424. The first-order chi connectivity index (χ1) is 14.8. The van der Waals surface area contributed by atoms with Gasteiger partial charge in [0.2, 0.25) is 0 Å². The van der Waals surface area contributed by atoms with Crippen molar-refractivity contribution in [1.29, 1.82) is 0 Å². The highest BCUT2D eigenvalue weighted by molar-refractivity contribution is 7.18. The van der Waals surface area contributed by atoms with Crippen molar-refractivity contribution >= 4 is 32.3 Å². The van der Waals surface area contributed by atoms with Crippen LogP contribution < -0.4 is 5.56 Å². The molecule has 4 nitrogen and oxygen atoms in total. The number of aromatic nitrogens is 2. The number of pyridine rings is 1. The average molecular weight is 433 g/mol. The van der Waals surface area contributed by atoms with Crippen LogP contribution in [0.25, 0.3) is 26.7 Å². The Morgan fingerprint density at radius 1 is 1.10 bits per heavy atom. The van der Waals surface area contributed by atoms with Crippen LogP contribution in [0.15, 0.2) is 53.5 Å². The van der Waals surface area contributed by atoms with Crippen molar-refractivity contribution in [2.24, 2.45) is 5.92 Å². The molecule has 5 rings (SSSR count). The number of rotatable bonds is 3. The Morgan fingerprint density at radius 2 is 1.84 bits per heavy atom. The highest BCUT2D eigenvalue weighted by Crippen LogP contribution is 2.40. The van der Waals surface area contributed by atoms with Crippen LogP contribution in [0.2, 0.25) is 0 Å². The molecule has 2 aromatic heterocycles. The fourth-order valence-corrected chi connectivity index (χ4v) is 5.88. The van der Waals surface area contributed by atoms with Crippen molar-refractivity contribution in [2.75, 3.05) is 0 Å². The first kappa shape index (κ1) is 20.4. The van der Waals surface area contributed by atoms with E-state index in [-0.39, 0.29) is 5.56 Å². The summed E-state index contributed by atoms with van der Waals surface area (Å²) < 4.78 is 2.73. The predicted octanol–water partition coefficient (Wildman–Crippen LogP) is 6.12. The number of aliphatic hydroxyl groups is 1. The van der Waals surface area contributed by atoms with E-state index in [1.54, 1.807) is 29.8 Å². The lowest BCUT2D eigenvalue weighted by molar-refractivity contribution is 0.0786. The molecular weight excluding hydrogens is 404 g/mol. The Hall–Kier alpha value is -2.50. The van der Waals surface area contributed by atoms with Crippen LogP contribution in [0.4, 0.5) is 0 Å². The van der Waals surface area contributed by atoms with E-state index in [1.165, 1.54) is 30.7 Å². The van der Waals surface area contributed by atoms with Gasteiger partial charge in [-0.15, -0.1) is 11.3 Å². The molecule has 0 unspecified atom stereocenters. The zero-order valence-electron chi connectivity index (χ0n) is 18.3. The second-order valence-electron chi connectivity index (χ2n) is 9.48. The lowest BCUT2D eigenvalue weighted by atomic mass is 9.83. The summed E-state index contributed by atoms with van der Waals surface area (Å²) in [5, 5.41) is 13.7. The zero-order valence-corrected chi connectivity index (χ0v) is 19.1. The third-order valence-electron chi connectivity index (χ3n) is 6.62. The van der Waals surface area contributed by atoms with Gasteiger partial charge < -0.3 is 5.11 Å². The molecule has 1 saturated carbocycles. The highest BCUT2D eigenvalue weighted by Gasteiger charge is 2.26. The van der Waals surface area contributed by atoms with Crippen LogP contribution in [-0.2, 0) is 5.60 Å². The molecule has 1 fully saturated rings. The van der Waals surface area contributed by atoms with Crippen LogP contribution >= 0.6 is 11.3 Å². The van der Waals surface area contributed by atoms with Gasteiger partial charge in [0.05, 0.1) is 26.5 Å². The van der Waals surface area contributed by atoms with Gasteiger partial charge in [0.15, 0.2) is 0 Å². The molecule has 0 bridgehead atoms. The molecule has 4 aromatic rings. The third kappa shape index (κ3) is 3.70. The van der Waals surface area contributed by atoms with Gasteiger partial charge in [-0.05, 0) is 62.3 Å². The van der Waals surface area contributed by atoms with Gasteiger partial charge in [0.1, 0.15) is 0 Å². The monoisotopic (exact) mass is 432 g/mol.